The zero-order valence-electron chi connectivity index (χ0n) is 14.8. The number of hydrogen-bond acceptors (Lipinski definition) is 4. The van der Waals surface area contributed by atoms with Crippen molar-refractivity contribution in [1.82, 2.24) is 4.90 Å². The Morgan fingerprint density at radius 3 is 2.71 bits per heavy atom. The number of benzene rings is 1. The van der Waals surface area contributed by atoms with Crippen molar-refractivity contribution in [2.45, 2.75) is 26.4 Å². The van der Waals surface area contributed by atoms with Crippen LogP contribution < -0.4 is 4.90 Å². The fraction of sp³-hybridized carbons (Fsp3) is 0.556. The quantitative estimate of drug-likeness (QED) is 0.853. The number of amides is 2. The Balaban J connectivity index is 2.28. The molecule has 1 unspecified atom stereocenters. The zero-order chi connectivity index (χ0) is 17.7. The number of anilines is 1. The summed E-state index contributed by atoms with van der Waals surface area (Å²) in [6.07, 6.45) is -0.473. The highest BCUT2D eigenvalue weighted by Gasteiger charge is 2.28. The maximum atomic E-state index is 12.4. The van der Waals surface area contributed by atoms with Gasteiger partial charge in [0.25, 0.3) is 0 Å². The Labute approximate surface area is 143 Å². The van der Waals surface area contributed by atoms with Gasteiger partial charge in [0.2, 0.25) is 5.91 Å². The minimum atomic E-state index is -0.402. The van der Waals surface area contributed by atoms with E-state index < -0.39 is 6.09 Å². The second kappa shape index (κ2) is 8.15. The first-order chi connectivity index (χ1) is 11.4. The van der Waals surface area contributed by atoms with Gasteiger partial charge in [0.05, 0.1) is 13.2 Å². The molecular formula is C18H26N2O4. The van der Waals surface area contributed by atoms with Gasteiger partial charge in [-0.25, -0.2) is 4.79 Å². The van der Waals surface area contributed by atoms with Crippen LogP contribution in [-0.2, 0) is 14.3 Å². The minimum Gasteiger partial charge on any atom is -0.449 e. The number of fused-ring (bicyclic) bond motifs is 1. The van der Waals surface area contributed by atoms with Gasteiger partial charge in [0.1, 0.15) is 6.10 Å². The second-order valence-electron chi connectivity index (χ2n) is 6.40. The normalized spacial score (nSPS) is 18.7. The van der Waals surface area contributed by atoms with Crippen LogP contribution in [0.4, 0.5) is 10.5 Å². The molecule has 2 rings (SSSR count). The second-order valence-corrected chi connectivity index (χ2v) is 6.40. The maximum absolute atomic E-state index is 12.4. The molecule has 0 aromatic heterocycles. The van der Waals surface area contributed by atoms with E-state index in [1.807, 2.05) is 38.1 Å². The van der Waals surface area contributed by atoms with Crippen LogP contribution in [0.3, 0.4) is 0 Å². The lowest BCUT2D eigenvalue weighted by Gasteiger charge is -2.26. The number of carbonyl (C=O) groups excluding carboxylic acids is 2. The molecule has 0 saturated heterocycles. The summed E-state index contributed by atoms with van der Waals surface area (Å²) in [5.41, 5.74) is 1.70. The van der Waals surface area contributed by atoms with Gasteiger partial charge >= 0.3 is 6.09 Å². The molecule has 1 aliphatic rings. The Hall–Kier alpha value is -2.08. The van der Waals surface area contributed by atoms with E-state index in [0.717, 1.165) is 11.3 Å². The fourth-order valence-corrected chi connectivity index (χ4v) is 2.68. The van der Waals surface area contributed by atoms with Crippen molar-refractivity contribution >= 4 is 17.7 Å². The van der Waals surface area contributed by atoms with E-state index >= 15 is 0 Å². The molecule has 0 spiro atoms. The van der Waals surface area contributed by atoms with Gasteiger partial charge in [0, 0.05) is 38.4 Å². The van der Waals surface area contributed by atoms with Gasteiger partial charge in [-0.3, -0.25) is 4.79 Å². The summed E-state index contributed by atoms with van der Waals surface area (Å²) in [5.74, 6) is 0.221. The molecule has 0 aliphatic carbocycles. The van der Waals surface area contributed by atoms with Crippen LogP contribution >= 0.6 is 0 Å². The molecule has 1 aliphatic heterocycles. The highest BCUT2D eigenvalue weighted by atomic mass is 16.6. The molecule has 0 saturated carbocycles. The SMILES string of the molecule is COC1CN(C(=O)OCC(C)C)CCC(=O)N(C)c2ccccc21. The van der Waals surface area contributed by atoms with Crippen LogP contribution in [0.5, 0.6) is 0 Å². The van der Waals surface area contributed by atoms with Crippen molar-refractivity contribution in [3.8, 4) is 0 Å². The smallest absolute Gasteiger partial charge is 0.409 e. The van der Waals surface area contributed by atoms with Crippen LogP contribution in [-0.4, -0.2) is 50.8 Å². The Morgan fingerprint density at radius 2 is 2.04 bits per heavy atom. The standard InChI is InChI=1S/C18H26N2O4/c1-13(2)12-24-18(22)20-10-9-17(21)19(3)15-8-6-5-7-14(15)16(11-20)23-4/h5-8,13,16H,9-12H2,1-4H3. The van der Waals surface area contributed by atoms with E-state index in [4.69, 9.17) is 9.47 Å². The number of rotatable bonds is 3. The molecule has 0 bridgehead atoms. The summed E-state index contributed by atoms with van der Waals surface area (Å²) >= 11 is 0. The van der Waals surface area contributed by atoms with Crippen molar-refractivity contribution in [3.05, 3.63) is 29.8 Å². The highest BCUT2D eigenvalue weighted by molar-refractivity contribution is 5.94. The fourth-order valence-electron chi connectivity index (χ4n) is 2.68. The predicted octanol–water partition coefficient (Wildman–Crippen LogP) is 2.84. The average Bonchev–Trinajstić information content (AvgIpc) is 2.63. The van der Waals surface area contributed by atoms with Crippen LogP contribution in [0.1, 0.15) is 31.9 Å². The van der Waals surface area contributed by atoms with Crippen molar-refractivity contribution in [3.63, 3.8) is 0 Å². The van der Waals surface area contributed by atoms with Crippen LogP contribution in [0.25, 0.3) is 0 Å². The summed E-state index contributed by atoms with van der Waals surface area (Å²) in [6, 6.07) is 7.62. The molecule has 6 heteroatoms. The molecule has 0 fully saturated rings. The number of ether oxygens (including phenoxy) is 2. The monoisotopic (exact) mass is 334 g/mol. The molecule has 2 amide bonds. The summed E-state index contributed by atoms with van der Waals surface area (Å²) < 4.78 is 10.9. The molecule has 6 nitrogen and oxygen atoms in total. The van der Waals surface area contributed by atoms with Crippen LogP contribution in [0.2, 0.25) is 0 Å². The van der Waals surface area contributed by atoms with Crippen molar-refractivity contribution < 1.29 is 19.1 Å². The average molecular weight is 334 g/mol. The van der Waals surface area contributed by atoms with Crippen molar-refractivity contribution in [1.29, 1.82) is 0 Å². The van der Waals surface area contributed by atoms with Crippen LogP contribution in [0.15, 0.2) is 24.3 Å². The molecule has 1 aromatic carbocycles. The molecular weight excluding hydrogens is 308 g/mol. The summed E-state index contributed by atoms with van der Waals surface area (Å²) in [5, 5.41) is 0. The van der Waals surface area contributed by atoms with E-state index in [1.165, 1.54) is 0 Å². The first kappa shape index (κ1) is 18.3. The molecule has 0 radical (unpaired) electrons. The van der Waals surface area contributed by atoms with E-state index in [2.05, 4.69) is 0 Å². The summed E-state index contributed by atoms with van der Waals surface area (Å²) in [6.45, 7) is 4.99. The maximum Gasteiger partial charge on any atom is 0.409 e. The molecule has 1 atom stereocenters. The molecule has 0 N–H and O–H groups in total. The van der Waals surface area contributed by atoms with Gasteiger partial charge < -0.3 is 19.3 Å². The van der Waals surface area contributed by atoms with E-state index in [-0.39, 0.29) is 24.3 Å². The summed E-state index contributed by atoms with van der Waals surface area (Å²) in [4.78, 5) is 28.0. The Bertz CT molecular complexity index is 588. The number of para-hydroxylation sites is 1. The predicted molar refractivity (Wildman–Crippen MR) is 92.0 cm³/mol. The largest absolute Gasteiger partial charge is 0.449 e. The van der Waals surface area contributed by atoms with Gasteiger partial charge in [-0.2, -0.15) is 0 Å². The molecule has 1 aromatic rings. The third-order valence-electron chi connectivity index (χ3n) is 4.08. The Kier molecular flexibility index (Phi) is 6.20. The van der Waals surface area contributed by atoms with Gasteiger partial charge in [-0.05, 0) is 12.0 Å². The lowest BCUT2D eigenvalue weighted by Crippen LogP contribution is -2.38. The molecule has 132 valence electrons. The Morgan fingerprint density at radius 1 is 1.33 bits per heavy atom. The topological polar surface area (TPSA) is 59.1 Å². The number of nitrogens with zero attached hydrogens (tertiary/aromatic N) is 2. The number of carbonyl (C=O) groups is 2. The van der Waals surface area contributed by atoms with E-state index in [1.54, 1.807) is 24.0 Å². The molecule has 24 heavy (non-hydrogen) atoms. The van der Waals surface area contributed by atoms with Gasteiger partial charge in [-0.1, -0.05) is 32.0 Å². The minimum absolute atomic E-state index is 0.0409. The highest BCUT2D eigenvalue weighted by Crippen LogP contribution is 2.30. The first-order valence-electron chi connectivity index (χ1n) is 8.24. The van der Waals surface area contributed by atoms with Crippen molar-refractivity contribution in [2.24, 2.45) is 5.92 Å². The van der Waals surface area contributed by atoms with Crippen molar-refractivity contribution in [2.75, 3.05) is 38.8 Å². The molecule has 1 heterocycles. The number of hydrogen-bond donors (Lipinski definition) is 0. The third-order valence-corrected chi connectivity index (χ3v) is 4.08. The zero-order valence-corrected chi connectivity index (χ0v) is 14.8. The lowest BCUT2D eigenvalue weighted by atomic mass is 10.1. The van der Waals surface area contributed by atoms with Crippen LogP contribution in [0, 0.1) is 5.92 Å². The number of methoxy groups -OCH3 is 1. The van der Waals surface area contributed by atoms with E-state index in [0.29, 0.717) is 19.7 Å². The van der Waals surface area contributed by atoms with Gasteiger partial charge in [0.15, 0.2) is 0 Å². The van der Waals surface area contributed by atoms with Gasteiger partial charge in [-0.15, -0.1) is 0 Å². The summed E-state index contributed by atoms with van der Waals surface area (Å²) in [7, 11) is 3.36. The van der Waals surface area contributed by atoms with E-state index in [9.17, 15) is 9.59 Å². The first-order valence-corrected chi connectivity index (χ1v) is 8.24. The lowest BCUT2D eigenvalue weighted by molar-refractivity contribution is -0.118. The third kappa shape index (κ3) is 4.26.